The minimum atomic E-state index is -3.00. The van der Waals surface area contributed by atoms with E-state index in [-0.39, 0.29) is 0 Å². The van der Waals surface area contributed by atoms with E-state index in [9.17, 15) is 8.42 Å². The molecule has 2 heterocycles. The standard InChI is InChI=1S/C13H26N2O2S2/c1-19(16,17)15-7-4-5-12(11-15)9-14-10-13-6-2-3-8-18-13/h12-14H,2-11H2,1H3. The van der Waals surface area contributed by atoms with Crippen LogP contribution in [-0.4, -0.2) is 56.2 Å². The van der Waals surface area contributed by atoms with Gasteiger partial charge in [0.15, 0.2) is 0 Å². The van der Waals surface area contributed by atoms with Crippen molar-refractivity contribution in [3.63, 3.8) is 0 Å². The second kappa shape index (κ2) is 7.29. The second-order valence-electron chi connectivity index (χ2n) is 5.78. The number of rotatable bonds is 5. The smallest absolute Gasteiger partial charge is 0.211 e. The largest absolute Gasteiger partial charge is 0.315 e. The Morgan fingerprint density at radius 2 is 2.05 bits per heavy atom. The molecule has 0 radical (unpaired) electrons. The van der Waals surface area contributed by atoms with Crippen LogP contribution >= 0.6 is 11.8 Å². The zero-order valence-corrected chi connectivity index (χ0v) is 13.4. The Morgan fingerprint density at radius 3 is 2.74 bits per heavy atom. The molecule has 1 N–H and O–H groups in total. The van der Waals surface area contributed by atoms with Crippen molar-refractivity contribution >= 4 is 21.8 Å². The molecule has 19 heavy (non-hydrogen) atoms. The fraction of sp³-hybridized carbons (Fsp3) is 1.00. The van der Waals surface area contributed by atoms with Crippen molar-refractivity contribution in [3.8, 4) is 0 Å². The van der Waals surface area contributed by atoms with E-state index in [1.165, 1.54) is 31.3 Å². The van der Waals surface area contributed by atoms with E-state index in [4.69, 9.17) is 0 Å². The second-order valence-corrected chi connectivity index (χ2v) is 9.17. The van der Waals surface area contributed by atoms with Gasteiger partial charge in [-0.05, 0) is 43.9 Å². The molecule has 2 saturated heterocycles. The Balaban J connectivity index is 1.67. The maximum atomic E-state index is 11.6. The molecule has 0 amide bonds. The first-order valence-electron chi connectivity index (χ1n) is 7.33. The van der Waals surface area contributed by atoms with Crippen molar-refractivity contribution in [2.75, 3.05) is 38.2 Å². The predicted molar refractivity (Wildman–Crippen MR) is 82.1 cm³/mol. The maximum absolute atomic E-state index is 11.6. The van der Waals surface area contributed by atoms with Crippen LogP contribution in [-0.2, 0) is 10.0 Å². The van der Waals surface area contributed by atoms with Crippen molar-refractivity contribution in [2.45, 2.75) is 37.4 Å². The summed E-state index contributed by atoms with van der Waals surface area (Å²) in [7, 11) is -3.00. The molecular weight excluding hydrogens is 280 g/mol. The van der Waals surface area contributed by atoms with Crippen molar-refractivity contribution in [1.29, 1.82) is 0 Å². The number of nitrogens with zero attached hydrogens (tertiary/aromatic N) is 1. The molecule has 0 aromatic heterocycles. The topological polar surface area (TPSA) is 49.4 Å². The van der Waals surface area contributed by atoms with Crippen LogP contribution in [0.4, 0.5) is 0 Å². The van der Waals surface area contributed by atoms with Gasteiger partial charge >= 0.3 is 0 Å². The predicted octanol–water partition coefficient (Wildman–Crippen LogP) is 1.53. The van der Waals surface area contributed by atoms with E-state index >= 15 is 0 Å². The van der Waals surface area contributed by atoms with E-state index in [1.807, 2.05) is 0 Å². The van der Waals surface area contributed by atoms with E-state index in [0.717, 1.165) is 31.2 Å². The Hall–Kier alpha value is 0.220. The van der Waals surface area contributed by atoms with Gasteiger partial charge in [0.25, 0.3) is 0 Å². The van der Waals surface area contributed by atoms with E-state index < -0.39 is 10.0 Å². The number of hydrogen-bond donors (Lipinski definition) is 1. The number of piperidine rings is 1. The fourth-order valence-corrected chi connectivity index (χ4v) is 5.13. The summed E-state index contributed by atoms with van der Waals surface area (Å²) >= 11 is 2.09. The molecule has 2 fully saturated rings. The summed E-state index contributed by atoms with van der Waals surface area (Å²) in [5.41, 5.74) is 0. The number of hydrogen-bond acceptors (Lipinski definition) is 4. The molecule has 0 aliphatic carbocycles. The van der Waals surface area contributed by atoms with Crippen LogP contribution in [0.5, 0.6) is 0 Å². The van der Waals surface area contributed by atoms with Crippen LogP contribution in [0.25, 0.3) is 0 Å². The van der Waals surface area contributed by atoms with Crippen LogP contribution in [0.15, 0.2) is 0 Å². The first-order valence-corrected chi connectivity index (χ1v) is 10.2. The highest BCUT2D eigenvalue weighted by atomic mass is 32.2. The van der Waals surface area contributed by atoms with Gasteiger partial charge in [0.05, 0.1) is 6.26 Å². The summed E-state index contributed by atoms with van der Waals surface area (Å²) in [6.45, 7) is 3.45. The Morgan fingerprint density at radius 1 is 1.21 bits per heavy atom. The quantitative estimate of drug-likeness (QED) is 0.837. The number of nitrogens with one attached hydrogen (secondary N) is 1. The zero-order valence-electron chi connectivity index (χ0n) is 11.8. The summed E-state index contributed by atoms with van der Waals surface area (Å²) in [5, 5.41) is 4.32. The minimum Gasteiger partial charge on any atom is -0.315 e. The lowest BCUT2D eigenvalue weighted by molar-refractivity contribution is 0.261. The molecule has 0 aromatic carbocycles. The minimum absolute atomic E-state index is 0.483. The third kappa shape index (κ3) is 5.25. The molecule has 4 nitrogen and oxygen atoms in total. The summed E-state index contributed by atoms with van der Waals surface area (Å²) in [4.78, 5) is 0. The van der Waals surface area contributed by atoms with Gasteiger partial charge in [-0.15, -0.1) is 0 Å². The van der Waals surface area contributed by atoms with Crippen LogP contribution in [0.1, 0.15) is 32.1 Å². The molecule has 2 aliphatic heterocycles. The maximum Gasteiger partial charge on any atom is 0.211 e. The highest BCUT2D eigenvalue weighted by Gasteiger charge is 2.25. The van der Waals surface area contributed by atoms with E-state index in [2.05, 4.69) is 17.1 Å². The van der Waals surface area contributed by atoms with E-state index in [0.29, 0.717) is 19.0 Å². The SMILES string of the molecule is CS(=O)(=O)N1CCCC(CNCC2CCCCS2)C1. The lowest BCUT2D eigenvalue weighted by atomic mass is 10.00. The summed E-state index contributed by atoms with van der Waals surface area (Å²) in [6.07, 6.45) is 7.53. The third-order valence-electron chi connectivity index (χ3n) is 4.03. The van der Waals surface area contributed by atoms with Crippen LogP contribution in [0.2, 0.25) is 0 Å². The van der Waals surface area contributed by atoms with Crippen LogP contribution in [0.3, 0.4) is 0 Å². The fourth-order valence-electron chi connectivity index (χ4n) is 2.91. The first kappa shape index (κ1) is 15.6. The first-order chi connectivity index (χ1) is 9.05. The van der Waals surface area contributed by atoms with Gasteiger partial charge in [0.1, 0.15) is 0 Å². The monoisotopic (exact) mass is 306 g/mol. The lowest BCUT2D eigenvalue weighted by Gasteiger charge is -2.31. The molecule has 112 valence electrons. The van der Waals surface area contributed by atoms with E-state index in [1.54, 1.807) is 4.31 Å². The molecule has 0 bridgehead atoms. The Bertz CT molecular complexity index is 367. The molecule has 2 atom stereocenters. The highest BCUT2D eigenvalue weighted by Crippen LogP contribution is 2.24. The number of thioether (sulfide) groups is 1. The van der Waals surface area contributed by atoms with Gasteiger partial charge in [0.2, 0.25) is 10.0 Å². The van der Waals surface area contributed by atoms with Gasteiger partial charge in [-0.25, -0.2) is 12.7 Å². The van der Waals surface area contributed by atoms with Crippen molar-refractivity contribution in [3.05, 3.63) is 0 Å². The van der Waals surface area contributed by atoms with Gasteiger partial charge in [-0.2, -0.15) is 11.8 Å². The molecule has 2 rings (SSSR count). The molecule has 0 spiro atoms. The van der Waals surface area contributed by atoms with Crippen LogP contribution < -0.4 is 5.32 Å². The van der Waals surface area contributed by atoms with Crippen molar-refractivity contribution in [2.24, 2.45) is 5.92 Å². The van der Waals surface area contributed by atoms with Gasteiger partial charge in [-0.1, -0.05) is 6.42 Å². The normalized spacial score (nSPS) is 30.4. The molecular formula is C13H26N2O2S2. The molecule has 0 saturated carbocycles. The van der Waals surface area contributed by atoms with Crippen LogP contribution in [0, 0.1) is 5.92 Å². The Kier molecular flexibility index (Phi) is 5.99. The lowest BCUT2D eigenvalue weighted by Crippen LogP contribution is -2.43. The van der Waals surface area contributed by atoms with Gasteiger partial charge < -0.3 is 5.32 Å². The van der Waals surface area contributed by atoms with Gasteiger partial charge in [0, 0.05) is 24.9 Å². The average Bonchev–Trinajstić information content (AvgIpc) is 2.39. The molecule has 0 aromatic rings. The van der Waals surface area contributed by atoms with Crippen molar-refractivity contribution < 1.29 is 8.42 Å². The number of sulfonamides is 1. The van der Waals surface area contributed by atoms with Crippen molar-refractivity contribution in [1.82, 2.24) is 9.62 Å². The highest BCUT2D eigenvalue weighted by molar-refractivity contribution is 7.99. The molecule has 2 aliphatic rings. The molecule has 6 heteroatoms. The summed E-state index contributed by atoms with van der Waals surface area (Å²) < 4.78 is 24.7. The Labute approximate surface area is 121 Å². The zero-order chi connectivity index (χ0) is 13.7. The summed E-state index contributed by atoms with van der Waals surface area (Å²) in [5.74, 6) is 1.79. The van der Waals surface area contributed by atoms with Gasteiger partial charge in [-0.3, -0.25) is 0 Å². The molecule has 2 unspecified atom stereocenters. The summed E-state index contributed by atoms with van der Waals surface area (Å²) in [6, 6.07) is 0. The third-order valence-corrected chi connectivity index (χ3v) is 6.70. The average molecular weight is 306 g/mol.